The monoisotopic (exact) mass is 267 g/mol. The van der Waals surface area contributed by atoms with E-state index in [2.05, 4.69) is 29.1 Å². The smallest absolute Gasteiger partial charge is 0.134 e. The third kappa shape index (κ3) is 3.22. The van der Waals surface area contributed by atoms with Crippen molar-refractivity contribution in [3.05, 3.63) is 51.2 Å². The van der Waals surface area contributed by atoms with E-state index in [0.29, 0.717) is 11.1 Å². The van der Waals surface area contributed by atoms with Crippen molar-refractivity contribution in [3.8, 4) is 5.75 Å². The van der Waals surface area contributed by atoms with Gasteiger partial charge in [0, 0.05) is 12.6 Å². The fourth-order valence-corrected chi connectivity index (χ4v) is 2.53. The number of aromatic hydroxyl groups is 1. The van der Waals surface area contributed by atoms with E-state index >= 15 is 0 Å². The van der Waals surface area contributed by atoms with Crippen LogP contribution in [0.2, 0.25) is 5.02 Å². The van der Waals surface area contributed by atoms with Crippen molar-refractivity contribution in [2.75, 3.05) is 0 Å². The molecule has 0 fully saturated rings. The molecular weight excluding hydrogens is 254 g/mol. The Morgan fingerprint density at radius 1 is 1.41 bits per heavy atom. The summed E-state index contributed by atoms with van der Waals surface area (Å²) in [6.07, 6.45) is 0. The van der Waals surface area contributed by atoms with Gasteiger partial charge in [0.25, 0.3) is 0 Å². The summed E-state index contributed by atoms with van der Waals surface area (Å²) in [5, 5.41) is 17.3. The maximum absolute atomic E-state index is 9.32. The van der Waals surface area contributed by atoms with Gasteiger partial charge in [-0.2, -0.15) is 11.3 Å². The first-order chi connectivity index (χ1) is 8.16. The van der Waals surface area contributed by atoms with Gasteiger partial charge in [-0.3, -0.25) is 0 Å². The zero-order valence-electron chi connectivity index (χ0n) is 9.48. The van der Waals surface area contributed by atoms with Crippen LogP contribution in [-0.4, -0.2) is 5.11 Å². The first-order valence-electron chi connectivity index (χ1n) is 5.39. The molecule has 2 rings (SSSR count). The number of rotatable bonds is 4. The summed E-state index contributed by atoms with van der Waals surface area (Å²) in [7, 11) is 0. The largest absolute Gasteiger partial charge is 0.506 e. The summed E-state index contributed by atoms with van der Waals surface area (Å²) in [6, 6.07) is 7.70. The molecule has 0 aliphatic heterocycles. The Morgan fingerprint density at radius 2 is 2.24 bits per heavy atom. The zero-order chi connectivity index (χ0) is 12.3. The highest BCUT2D eigenvalue weighted by molar-refractivity contribution is 7.07. The van der Waals surface area contributed by atoms with E-state index in [1.54, 1.807) is 23.5 Å². The second-order valence-electron chi connectivity index (χ2n) is 3.95. The van der Waals surface area contributed by atoms with Crippen LogP contribution in [0.1, 0.15) is 24.1 Å². The van der Waals surface area contributed by atoms with E-state index in [1.807, 2.05) is 6.07 Å². The highest BCUT2D eigenvalue weighted by atomic mass is 35.5. The molecule has 90 valence electrons. The number of phenolic OH excluding ortho intramolecular Hbond substituents is 1. The molecule has 1 heterocycles. The standard InChI is InChI=1S/C13H14ClNOS/c1-9(11-4-5-17-8-11)15-7-10-2-3-13(16)12(14)6-10/h2-6,8-9,15-16H,7H2,1H3. The van der Waals surface area contributed by atoms with Crippen molar-refractivity contribution in [1.82, 2.24) is 5.32 Å². The summed E-state index contributed by atoms with van der Waals surface area (Å²) < 4.78 is 0. The molecule has 0 aliphatic rings. The quantitative estimate of drug-likeness (QED) is 0.879. The van der Waals surface area contributed by atoms with Gasteiger partial charge in [0.2, 0.25) is 0 Å². The molecule has 0 bridgehead atoms. The van der Waals surface area contributed by atoms with Gasteiger partial charge in [0.1, 0.15) is 5.75 Å². The van der Waals surface area contributed by atoms with E-state index in [-0.39, 0.29) is 5.75 Å². The lowest BCUT2D eigenvalue weighted by Gasteiger charge is -2.12. The lowest BCUT2D eigenvalue weighted by molar-refractivity contribution is 0.475. The summed E-state index contributed by atoms with van der Waals surface area (Å²) in [5.74, 6) is 0.126. The summed E-state index contributed by atoms with van der Waals surface area (Å²) >= 11 is 7.55. The maximum Gasteiger partial charge on any atom is 0.134 e. The molecule has 1 aromatic carbocycles. The molecule has 2 aromatic rings. The molecule has 0 aliphatic carbocycles. The molecule has 4 heteroatoms. The van der Waals surface area contributed by atoms with E-state index in [9.17, 15) is 5.11 Å². The zero-order valence-corrected chi connectivity index (χ0v) is 11.1. The lowest BCUT2D eigenvalue weighted by Crippen LogP contribution is -2.17. The Bertz CT molecular complexity index is 484. The van der Waals surface area contributed by atoms with Gasteiger partial charge in [0.15, 0.2) is 0 Å². The molecule has 2 N–H and O–H groups in total. The number of hydrogen-bond donors (Lipinski definition) is 2. The van der Waals surface area contributed by atoms with Gasteiger partial charge in [-0.1, -0.05) is 17.7 Å². The van der Waals surface area contributed by atoms with E-state index < -0.39 is 0 Å². The highest BCUT2D eigenvalue weighted by Crippen LogP contribution is 2.24. The van der Waals surface area contributed by atoms with Crippen LogP contribution >= 0.6 is 22.9 Å². The molecule has 1 aromatic heterocycles. The van der Waals surface area contributed by atoms with Crippen molar-refractivity contribution in [2.24, 2.45) is 0 Å². The molecule has 0 saturated heterocycles. The van der Waals surface area contributed by atoms with E-state index in [0.717, 1.165) is 12.1 Å². The first-order valence-corrected chi connectivity index (χ1v) is 6.72. The molecule has 17 heavy (non-hydrogen) atoms. The van der Waals surface area contributed by atoms with Crippen LogP contribution in [0, 0.1) is 0 Å². The van der Waals surface area contributed by atoms with Crippen molar-refractivity contribution in [1.29, 1.82) is 0 Å². The maximum atomic E-state index is 9.32. The predicted octanol–water partition coefficient (Wildman–Crippen LogP) is 3.96. The second-order valence-corrected chi connectivity index (χ2v) is 5.13. The Hall–Kier alpha value is -1.03. The number of benzene rings is 1. The van der Waals surface area contributed by atoms with Gasteiger partial charge >= 0.3 is 0 Å². The molecular formula is C13H14ClNOS. The van der Waals surface area contributed by atoms with E-state index in [4.69, 9.17) is 11.6 Å². The molecule has 0 saturated carbocycles. The summed E-state index contributed by atoms with van der Waals surface area (Å²) in [4.78, 5) is 0. The lowest BCUT2D eigenvalue weighted by atomic mass is 10.1. The second kappa shape index (κ2) is 5.54. The molecule has 0 spiro atoms. The Labute approximate surface area is 110 Å². The third-order valence-corrected chi connectivity index (χ3v) is 3.67. The Morgan fingerprint density at radius 3 is 2.88 bits per heavy atom. The predicted molar refractivity (Wildman–Crippen MR) is 72.7 cm³/mol. The van der Waals surface area contributed by atoms with Gasteiger partial charge < -0.3 is 10.4 Å². The normalized spacial score (nSPS) is 12.6. The average Bonchev–Trinajstić information content (AvgIpc) is 2.84. The minimum absolute atomic E-state index is 0.126. The third-order valence-electron chi connectivity index (χ3n) is 2.67. The van der Waals surface area contributed by atoms with Gasteiger partial charge in [-0.05, 0) is 47.0 Å². The van der Waals surface area contributed by atoms with Crippen LogP contribution in [0.25, 0.3) is 0 Å². The summed E-state index contributed by atoms with van der Waals surface area (Å²) in [6.45, 7) is 2.86. The molecule has 1 unspecified atom stereocenters. The minimum Gasteiger partial charge on any atom is -0.506 e. The van der Waals surface area contributed by atoms with Crippen LogP contribution in [0.15, 0.2) is 35.0 Å². The van der Waals surface area contributed by atoms with Crippen LogP contribution in [0.3, 0.4) is 0 Å². The van der Waals surface area contributed by atoms with Gasteiger partial charge in [-0.15, -0.1) is 0 Å². The average molecular weight is 268 g/mol. The topological polar surface area (TPSA) is 32.3 Å². The number of halogens is 1. The Balaban J connectivity index is 1.96. The van der Waals surface area contributed by atoms with Crippen molar-refractivity contribution in [3.63, 3.8) is 0 Å². The summed E-state index contributed by atoms with van der Waals surface area (Å²) in [5.41, 5.74) is 2.36. The first kappa shape index (κ1) is 12.4. The van der Waals surface area contributed by atoms with Crippen molar-refractivity contribution in [2.45, 2.75) is 19.5 Å². The Kier molecular flexibility index (Phi) is 4.05. The SMILES string of the molecule is CC(NCc1ccc(O)c(Cl)c1)c1ccsc1. The fourth-order valence-electron chi connectivity index (χ4n) is 1.57. The molecule has 0 amide bonds. The number of phenols is 1. The van der Waals surface area contributed by atoms with Crippen molar-refractivity contribution >= 4 is 22.9 Å². The van der Waals surface area contributed by atoms with Crippen LogP contribution < -0.4 is 5.32 Å². The molecule has 0 radical (unpaired) electrons. The fraction of sp³-hybridized carbons (Fsp3) is 0.231. The molecule has 2 nitrogen and oxygen atoms in total. The number of nitrogens with one attached hydrogen (secondary N) is 1. The minimum atomic E-state index is 0.126. The molecule has 1 atom stereocenters. The van der Waals surface area contributed by atoms with Crippen LogP contribution in [0.4, 0.5) is 0 Å². The van der Waals surface area contributed by atoms with Gasteiger partial charge in [0.05, 0.1) is 5.02 Å². The van der Waals surface area contributed by atoms with Crippen molar-refractivity contribution < 1.29 is 5.11 Å². The van der Waals surface area contributed by atoms with Gasteiger partial charge in [-0.25, -0.2) is 0 Å². The number of thiophene rings is 1. The number of hydrogen-bond acceptors (Lipinski definition) is 3. The van der Waals surface area contributed by atoms with E-state index in [1.165, 1.54) is 5.56 Å². The van der Waals surface area contributed by atoms with Crippen LogP contribution in [0.5, 0.6) is 5.75 Å². The van der Waals surface area contributed by atoms with Crippen LogP contribution in [-0.2, 0) is 6.54 Å². The highest BCUT2D eigenvalue weighted by Gasteiger charge is 2.05.